The molecule has 0 saturated heterocycles. The fraction of sp³-hybridized carbons (Fsp3) is 0.150. The lowest BCUT2D eigenvalue weighted by molar-refractivity contribution is -0.208. The van der Waals surface area contributed by atoms with Crippen LogP contribution in [0.2, 0.25) is 0 Å². The quantitative estimate of drug-likeness (QED) is 0.640. The van der Waals surface area contributed by atoms with Gasteiger partial charge < -0.3 is 14.8 Å². The van der Waals surface area contributed by atoms with Gasteiger partial charge in [0.2, 0.25) is 0 Å². The monoisotopic (exact) mass is 419 g/mol. The van der Waals surface area contributed by atoms with Crippen LogP contribution in [0.15, 0.2) is 42.9 Å². The summed E-state index contributed by atoms with van der Waals surface area (Å²) in [4.78, 5) is 19.5. The third kappa shape index (κ3) is 3.76. The van der Waals surface area contributed by atoms with Crippen molar-refractivity contribution in [3.63, 3.8) is 0 Å². The molecule has 0 radical (unpaired) electrons. The minimum absolute atomic E-state index is 0.0641. The van der Waals surface area contributed by atoms with Gasteiger partial charge in [-0.3, -0.25) is 9.78 Å². The highest BCUT2D eigenvalue weighted by Crippen LogP contribution is 2.41. The molecule has 0 aliphatic carbocycles. The summed E-state index contributed by atoms with van der Waals surface area (Å²) in [7, 11) is 0. The molecule has 1 aliphatic rings. The first-order valence-corrected chi connectivity index (χ1v) is 8.64. The van der Waals surface area contributed by atoms with Crippen molar-refractivity contribution >= 4 is 11.7 Å². The third-order valence-electron chi connectivity index (χ3n) is 4.34. The van der Waals surface area contributed by atoms with Crippen LogP contribution in [0.4, 0.5) is 23.4 Å². The zero-order chi connectivity index (χ0) is 21.5. The molecule has 1 aliphatic heterocycles. The molecule has 0 spiro atoms. The predicted molar refractivity (Wildman–Crippen MR) is 97.6 cm³/mol. The molecule has 2 aromatic heterocycles. The van der Waals surface area contributed by atoms with Crippen molar-refractivity contribution in [1.29, 1.82) is 0 Å². The number of fused-ring (bicyclic) bond motifs is 1. The molecular weight excluding hydrogens is 406 g/mol. The maximum absolute atomic E-state index is 13.7. The number of benzene rings is 1. The van der Waals surface area contributed by atoms with E-state index >= 15 is 0 Å². The molecule has 1 amide bonds. The second-order valence-electron chi connectivity index (χ2n) is 6.51. The van der Waals surface area contributed by atoms with Crippen molar-refractivity contribution in [3.8, 4) is 22.6 Å². The first-order chi connectivity index (χ1) is 14.2. The van der Waals surface area contributed by atoms with E-state index in [0.29, 0.717) is 16.7 Å². The van der Waals surface area contributed by atoms with Crippen molar-refractivity contribution < 1.29 is 31.8 Å². The van der Waals surface area contributed by atoms with Gasteiger partial charge in [-0.25, -0.2) is 13.8 Å². The number of amides is 1. The molecule has 10 heteroatoms. The maximum Gasteiger partial charge on any atom is 0.433 e. The molecule has 1 N–H and O–H groups in total. The van der Waals surface area contributed by atoms with Crippen molar-refractivity contribution in [2.24, 2.45) is 0 Å². The number of alkyl halides is 2. The Morgan fingerprint density at radius 3 is 2.50 bits per heavy atom. The smallest absolute Gasteiger partial charge is 0.433 e. The van der Waals surface area contributed by atoms with E-state index in [1.165, 1.54) is 18.3 Å². The van der Waals surface area contributed by atoms with Gasteiger partial charge in [0.1, 0.15) is 11.4 Å². The molecule has 6 nitrogen and oxygen atoms in total. The van der Waals surface area contributed by atoms with Gasteiger partial charge >= 0.3 is 6.11 Å². The Hall–Kier alpha value is -3.69. The number of rotatable bonds is 3. The van der Waals surface area contributed by atoms with Gasteiger partial charge in [-0.1, -0.05) is 0 Å². The molecule has 3 heterocycles. The van der Waals surface area contributed by atoms with Crippen LogP contribution >= 0.6 is 0 Å². The SMILES string of the molecule is Cc1cc2c(cc1-c1ccc(NC(=O)c3c(F)cncc3F)nc1)OCC(F)(F)O2. The Labute approximate surface area is 167 Å². The number of pyridine rings is 2. The summed E-state index contributed by atoms with van der Waals surface area (Å²) < 4.78 is 63.7. The number of carbonyl (C=O) groups excluding carboxylic acids is 1. The highest BCUT2D eigenvalue weighted by atomic mass is 19.3. The first-order valence-electron chi connectivity index (χ1n) is 8.64. The van der Waals surface area contributed by atoms with Crippen LogP contribution in [-0.2, 0) is 0 Å². The largest absolute Gasteiger partial charge is 0.479 e. The fourth-order valence-electron chi connectivity index (χ4n) is 2.95. The number of carbonyl (C=O) groups is 1. The van der Waals surface area contributed by atoms with Crippen molar-refractivity contribution in [2.75, 3.05) is 11.9 Å². The lowest BCUT2D eigenvalue weighted by Gasteiger charge is -2.26. The van der Waals surface area contributed by atoms with Gasteiger partial charge in [0.25, 0.3) is 5.91 Å². The summed E-state index contributed by atoms with van der Waals surface area (Å²) in [5.74, 6) is -3.03. The number of hydrogen-bond acceptors (Lipinski definition) is 5. The molecule has 0 saturated carbocycles. The zero-order valence-corrected chi connectivity index (χ0v) is 15.4. The molecule has 0 bridgehead atoms. The van der Waals surface area contributed by atoms with Gasteiger partial charge in [0.05, 0.1) is 12.4 Å². The van der Waals surface area contributed by atoms with E-state index in [1.54, 1.807) is 19.1 Å². The summed E-state index contributed by atoms with van der Waals surface area (Å²) >= 11 is 0. The van der Waals surface area contributed by atoms with E-state index in [0.717, 1.165) is 12.4 Å². The summed E-state index contributed by atoms with van der Waals surface area (Å²) in [6.07, 6.45) is -0.512. The molecule has 3 aromatic rings. The Kier molecular flexibility index (Phi) is 4.76. The van der Waals surface area contributed by atoms with Crippen LogP contribution in [0.1, 0.15) is 15.9 Å². The Bertz CT molecular complexity index is 1120. The number of hydrogen-bond donors (Lipinski definition) is 1. The van der Waals surface area contributed by atoms with Crippen LogP contribution in [0.5, 0.6) is 11.5 Å². The van der Waals surface area contributed by atoms with Crippen LogP contribution in [0.25, 0.3) is 11.1 Å². The Morgan fingerprint density at radius 2 is 1.83 bits per heavy atom. The van der Waals surface area contributed by atoms with Gasteiger partial charge in [-0.15, -0.1) is 0 Å². The molecule has 30 heavy (non-hydrogen) atoms. The number of aryl methyl sites for hydroxylation is 1. The van der Waals surface area contributed by atoms with Gasteiger partial charge in [-0.2, -0.15) is 8.78 Å². The highest BCUT2D eigenvalue weighted by Gasteiger charge is 2.38. The second-order valence-corrected chi connectivity index (χ2v) is 6.51. The number of anilines is 1. The van der Waals surface area contributed by atoms with E-state index in [2.05, 4.69) is 20.0 Å². The molecule has 154 valence electrons. The molecule has 4 rings (SSSR count). The lowest BCUT2D eigenvalue weighted by Crippen LogP contribution is -2.36. The summed E-state index contributed by atoms with van der Waals surface area (Å²) in [5, 5.41) is 2.31. The molecule has 0 atom stereocenters. The number of nitrogens with one attached hydrogen (secondary N) is 1. The van der Waals surface area contributed by atoms with Crippen molar-refractivity contribution in [1.82, 2.24) is 9.97 Å². The van der Waals surface area contributed by atoms with E-state index in [9.17, 15) is 22.4 Å². The second kappa shape index (κ2) is 7.29. The van der Waals surface area contributed by atoms with Crippen LogP contribution in [-0.4, -0.2) is 28.6 Å². The average Bonchev–Trinajstić information content (AvgIpc) is 2.67. The maximum atomic E-state index is 13.7. The number of ether oxygens (including phenoxy) is 2. The van der Waals surface area contributed by atoms with E-state index in [-0.39, 0.29) is 17.3 Å². The molecular formula is C20H13F4N3O3. The molecule has 1 aromatic carbocycles. The normalized spacial score (nSPS) is 14.3. The summed E-state index contributed by atoms with van der Waals surface area (Å²) in [6.45, 7) is 0.810. The predicted octanol–water partition coefficient (Wildman–Crippen LogP) is 4.35. The molecule has 0 fully saturated rings. The number of aromatic nitrogens is 2. The zero-order valence-electron chi connectivity index (χ0n) is 15.4. The standard InChI is InChI=1S/C20H13F4N3O3/c1-10-4-16-15(29-9-20(23,24)30-16)5-12(10)11-2-3-17(26-6-11)27-19(28)18-13(21)7-25-8-14(18)22/h2-8H,9H2,1H3,(H,26,27,28). The van der Waals surface area contributed by atoms with Crippen molar-refractivity contribution in [2.45, 2.75) is 13.0 Å². The minimum atomic E-state index is -3.39. The average molecular weight is 419 g/mol. The van der Waals surface area contributed by atoms with E-state index < -0.39 is 35.8 Å². The fourth-order valence-corrected chi connectivity index (χ4v) is 2.95. The van der Waals surface area contributed by atoms with E-state index in [1.807, 2.05) is 0 Å². The Morgan fingerprint density at radius 1 is 1.10 bits per heavy atom. The van der Waals surface area contributed by atoms with E-state index in [4.69, 9.17) is 4.74 Å². The van der Waals surface area contributed by atoms with Crippen LogP contribution in [0.3, 0.4) is 0 Å². The number of halogens is 4. The van der Waals surface area contributed by atoms with Crippen molar-refractivity contribution in [3.05, 3.63) is 65.6 Å². The topological polar surface area (TPSA) is 73.3 Å². The minimum Gasteiger partial charge on any atom is -0.479 e. The third-order valence-corrected chi connectivity index (χ3v) is 4.34. The number of nitrogens with zero attached hydrogens (tertiary/aromatic N) is 2. The van der Waals surface area contributed by atoms with Crippen LogP contribution < -0.4 is 14.8 Å². The van der Waals surface area contributed by atoms with Gasteiger partial charge in [-0.05, 0) is 42.3 Å². The Balaban J connectivity index is 1.56. The van der Waals surface area contributed by atoms with Gasteiger partial charge in [0, 0.05) is 11.8 Å². The highest BCUT2D eigenvalue weighted by molar-refractivity contribution is 6.04. The lowest BCUT2D eigenvalue weighted by atomic mass is 10.0. The van der Waals surface area contributed by atoms with Crippen LogP contribution in [0, 0.1) is 18.6 Å². The first kappa shape index (κ1) is 19.6. The summed E-state index contributed by atoms with van der Waals surface area (Å²) in [5.41, 5.74) is 1.12. The molecule has 0 unspecified atom stereocenters. The van der Waals surface area contributed by atoms with Gasteiger partial charge in [0.15, 0.2) is 29.7 Å². The summed E-state index contributed by atoms with van der Waals surface area (Å²) in [6, 6.07) is 6.03.